The molecule has 2 aromatic rings. The van der Waals surface area contributed by atoms with E-state index in [0.717, 1.165) is 12.8 Å². The number of H-pyrrole nitrogens is 1. The van der Waals surface area contributed by atoms with Gasteiger partial charge in [0.25, 0.3) is 0 Å². The van der Waals surface area contributed by atoms with Gasteiger partial charge in [-0.25, -0.2) is 0 Å². The summed E-state index contributed by atoms with van der Waals surface area (Å²) in [5, 5.41) is 1.31. The van der Waals surface area contributed by atoms with Crippen molar-refractivity contribution in [3.8, 4) is 0 Å². The van der Waals surface area contributed by atoms with Crippen LogP contribution in [0.3, 0.4) is 0 Å². The normalized spacial score (nSPS) is 10.8. The van der Waals surface area contributed by atoms with Gasteiger partial charge in [0.15, 0.2) is 0 Å². The molecule has 0 atom stereocenters. The molecule has 0 unspecified atom stereocenters. The van der Waals surface area contributed by atoms with E-state index in [2.05, 4.69) is 48.7 Å². The van der Waals surface area contributed by atoms with E-state index < -0.39 is 0 Å². The van der Waals surface area contributed by atoms with Crippen LogP contribution in [0.25, 0.3) is 10.9 Å². The van der Waals surface area contributed by atoms with Crippen molar-refractivity contribution < 1.29 is 0 Å². The number of rotatable bonds is 3. The van der Waals surface area contributed by atoms with Gasteiger partial charge in [-0.05, 0) is 30.4 Å². The summed E-state index contributed by atoms with van der Waals surface area (Å²) < 4.78 is 0. The molecule has 0 amide bonds. The molecular weight excluding hydrogens is 158 g/mol. The number of aromatic amines is 1. The topological polar surface area (TPSA) is 15.8 Å². The Kier molecular flexibility index (Phi) is 2.35. The molecule has 0 bridgehead atoms. The summed E-state index contributed by atoms with van der Waals surface area (Å²) in [6.45, 7) is 2.17. The lowest BCUT2D eigenvalue weighted by molar-refractivity contribution is 0.974. The maximum atomic E-state index is 3.40. The molecule has 1 radical (unpaired) electrons. The van der Waals surface area contributed by atoms with Crippen molar-refractivity contribution in [1.82, 2.24) is 4.98 Å². The smallest absolute Gasteiger partial charge is 0.0456 e. The first-order valence-electron chi connectivity index (χ1n) is 4.78. The Morgan fingerprint density at radius 3 is 2.92 bits per heavy atom. The van der Waals surface area contributed by atoms with E-state index in [1.165, 1.54) is 16.6 Å². The van der Waals surface area contributed by atoms with Crippen molar-refractivity contribution >= 4 is 10.9 Å². The molecule has 0 aliphatic heterocycles. The van der Waals surface area contributed by atoms with Crippen LogP contribution in [0.2, 0.25) is 0 Å². The fourth-order valence-electron chi connectivity index (χ4n) is 1.54. The number of hydrogen-bond donors (Lipinski definition) is 1. The van der Waals surface area contributed by atoms with Gasteiger partial charge >= 0.3 is 0 Å². The zero-order valence-electron chi connectivity index (χ0n) is 7.88. The van der Waals surface area contributed by atoms with Gasteiger partial charge in [0.05, 0.1) is 0 Å². The highest BCUT2D eigenvalue weighted by Gasteiger charge is 1.98. The van der Waals surface area contributed by atoms with Gasteiger partial charge in [-0.2, -0.15) is 0 Å². The summed E-state index contributed by atoms with van der Waals surface area (Å²) in [7, 11) is 0. The van der Waals surface area contributed by atoms with E-state index in [-0.39, 0.29) is 0 Å². The Morgan fingerprint density at radius 2 is 2.15 bits per heavy atom. The average molecular weight is 172 g/mol. The van der Waals surface area contributed by atoms with Crippen LogP contribution in [0.4, 0.5) is 0 Å². The van der Waals surface area contributed by atoms with Crippen molar-refractivity contribution in [2.45, 2.75) is 19.8 Å². The zero-order chi connectivity index (χ0) is 9.10. The van der Waals surface area contributed by atoms with Gasteiger partial charge in [-0.15, -0.1) is 0 Å². The van der Waals surface area contributed by atoms with Gasteiger partial charge in [0.2, 0.25) is 0 Å². The number of benzene rings is 1. The number of hydrogen-bond acceptors (Lipinski definition) is 0. The molecule has 1 aromatic carbocycles. The predicted molar refractivity (Wildman–Crippen MR) is 56.6 cm³/mol. The van der Waals surface area contributed by atoms with E-state index in [0.29, 0.717) is 0 Å². The van der Waals surface area contributed by atoms with Crippen LogP contribution in [-0.2, 0) is 6.42 Å². The number of aromatic nitrogens is 1. The van der Waals surface area contributed by atoms with Crippen molar-refractivity contribution in [3.05, 3.63) is 42.4 Å². The van der Waals surface area contributed by atoms with E-state index in [9.17, 15) is 0 Å². The highest BCUT2D eigenvalue weighted by atomic mass is 14.7. The second-order valence-electron chi connectivity index (χ2n) is 3.28. The van der Waals surface area contributed by atoms with Crippen molar-refractivity contribution in [1.29, 1.82) is 0 Å². The molecule has 67 valence electrons. The maximum absolute atomic E-state index is 3.40. The van der Waals surface area contributed by atoms with E-state index in [1.54, 1.807) is 0 Å². The third-order valence-electron chi connectivity index (χ3n) is 2.24. The summed E-state index contributed by atoms with van der Waals surface area (Å²) in [4.78, 5) is 3.40. The first-order chi connectivity index (χ1) is 6.40. The Labute approximate surface area is 78.8 Å². The molecule has 0 spiro atoms. The third kappa shape index (κ3) is 1.74. The second-order valence-corrected chi connectivity index (χ2v) is 3.28. The molecule has 0 saturated carbocycles. The van der Waals surface area contributed by atoms with Gasteiger partial charge in [0, 0.05) is 11.2 Å². The summed E-state index contributed by atoms with van der Waals surface area (Å²) in [6.07, 6.45) is 4.46. The minimum absolute atomic E-state index is 1.05. The molecule has 0 aliphatic rings. The van der Waals surface area contributed by atoms with Crippen LogP contribution in [0.15, 0.2) is 30.3 Å². The third-order valence-corrected chi connectivity index (χ3v) is 2.24. The molecule has 1 aromatic heterocycles. The largest absolute Gasteiger partial charge is 0.358 e. The molecular formula is C12H14N. The molecule has 1 nitrogen and oxygen atoms in total. The highest BCUT2D eigenvalue weighted by Crippen LogP contribution is 2.15. The Balaban J connectivity index is 2.28. The molecule has 0 saturated heterocycles. The van der Waals surface area contributed by atoms with Crippen molar-refractivity contribution in [2.75, 3.05) is 0 Å². The van der Waals surface area contributed by atoms with Crippen LogP contribution < -0.4 is 0 Å². The first kappa shape index (κ1) is 8.36. The molecule has 0 fully saturated rings. The lowest BCUT2D eigenvalue weighted by Gasteiger charge is -1.92. The number of fused-ring (bicyclic) bond motifs is 1. The predicted octanol–water partition coefficient (Wildman–Crippen LogP) is 3.32. The van der Waals surface area contributed by atoms with Crippen molar-refractivity contribution in [2.24, 2.45) is 0 Å². The first-order valence-corrected chi connectivity index (χ1v) is 4.78. The van der Waals surface area contributed by atoms with E-state index >= 15 is 0 Å². The highest BCUT2D eigenvalue weighted by molar-refractivity contribution is 5.80. The zero-order valence-corrected chi connectivity index (χ0v) is 7.88. The summed E-state index contributed by atoms with van der Waals surface area (Å²) in [5.74, 6) is 0. The molecule has 13 heavy (non-hydrogen) atoms. The quantitative estimate of drug-likeness (QED) is 0.731. The van der Waals surface area contributed by atoms with Gasteiger partial charge < -0.3 is 4.98 Å². The Bertz CT molecular complexity index is 354. The minimum Gasteiger partial charge on any atom is -0.358 e. The molecule has 2 rings (SSSR count). The minimum atomic E-state index is 1.05. The summed E-state index contributed by atoms with van der Waals surface area (Å²) in [6, 6.07) is 10.6. The Morgan fingerprint density at radius 1 is 1.31 bits per heavy atom. The lowest BCUT2D eigenvalue weighted by atomic mass is 10.2. The number of nitrogens with one attached hydrogen (secondary N) is 1. The average Bonchev–Trinajstić information content (AvgIpc) is 2.57. The number of unbranched alkanes of at least 4 members (excludes halogenated alkanes) is 1. The Hall–Kier alpha value is -1.24. The molecule has 1 heterocycles. The fourth-order valence-corrected chi connectivity index (χ4v) is 1.54. The van der Waals surface area contributed by atoms with Crippen LogP contribution >= 0.6 is 0 Å². The van der Waals surface area contributed by atoms with Crippen LogP contribution in [0, 0.1) is 6.42 Å². The fraction of sp³-hybridized carbons (Fsp3) is 0.250. The molecule has 1 N–H and O–H groups in total. The van der Waals surface area contributed by atoms with Gasteiger partial charge in [-0.3, -0.25) is 0 Å². The van der Waals surface area contributed by atoms with Crippen LogP contribution in [-0.4, -0.2) is 4.98 Å². The van der Waals surface area contributed by atoms with Crippen molar-refractivity contribution in [3.63, 3.8) is 0 Å². The van der Waals surface area contributed by atoms with Gasteiger partial charge in [-0.1, -0.05) is 31.5 Å². The maximum Gasteiger partial charge on any atom is 0.0456 e. The monoisotopic (exact) mass is 172 g/mol. The number of para-hydroxylation sites is 1. The summed E-state index contributed by atoms with van der Waals surface area (Å²) in [5.41, 5.74) is 2.55. The van der Waals surface area contributed by atoms with Crippen LogP contribution in [0.1, 0.15) is 19.0 Å². The SMILES string of the molecule is CC[CH]Cc1cc2ccccc2[nH]1. The lowest BCUT2D eigenvalue weighted by Crippen LogP contribution is -1.83. The second kappa shape index (κ2) is 3.65. The summed E-state index contributed by atoms with van der Waals surface area (Å²) >= 11 is 0. The molecule has 1 heteroatoms. The van der Waals surface area contributed by atoms with E-state index in [1.807, 2.05) is 0 Å². The van der Waals surface area contributed by atoms with Crippen LogP contribution in [0.5, 0.6) is 0 Å². The molecule has 0 aliphatic carbocycles. The standard InChI is InChI=1S/C12H14N/c1-2-3-7-11-9-10-6-4-5-8-12(10)13-11/h3-6,8-9,13H,2,7H2,1H3. The van der Waals surface area contributed by atoms with Gasteiger partial charge in [0.1, 0.15) is 0 Å². The van der Waals surface area contributed by atoms with E-state index in [4.69, 9.17) is 0 Å².